The van der Waals surface area contributed by atoms with Crippen molar-refractivity contribution in [2.24, 2.45) is 5.92 Å². The Hall–Kier alpha value is -1.50. The molecule has 2 aromatic heterocycles. The number of carbonyl (C=O) groups is 1. The van der Waals surface area contributed by atoms with Crippen LogP contribution in [0.25, 0.3) is 11.4 Å². The molecule has 0 bridgehead atoms. The molecule has 2 heterocycles. The van der Waals surface area contributed by atoms with Crippen LogP contribution in [-0.4, -0.2) is 29.6 Å². The van der Waals surface area contributed by atoms with E-state index in [1.54, 1.807) is 25.4 Å². The van der Waals surface area contributed by atoms with Crippen molar-refractivity contribution in [2.45, 2.75) is 20.3 Å². The Balaban J connectivity index is 2.26. The number of anilines is 1. The van der Waals surface area contributed by atoms with Gasteiger partial charge >= 0.3 is 0 Å². The van der Waals surface area contributed by atoms with Crippen LogP contribution < -0.4 is 5.32 Å². The first-order chi connectivity index (χ1) is 10.6. The number of aromatic nitrogens is 2. The van der Waals surface area contributed by atoms with Crippen molar-refractivity contribution in [3.05, 3.63) is 28.2 Å². The highest BCUT2D eigenvalue weighted by atomic mass is 35.5. The smallest absolute Gasteiger partial charge is 0.231 e. The summed E-state index contributed by atoms with van der Waals surface area (Å²) in [5.74, 6) is -0.349. The van der Waals surface area contributed by atoms with Gasteiger partial charge in [0.25, 0.3) is 0 Å². The Bertz CT molecular complexity index is 660. The fraction of sp³-hybridized carbons (Fsp3) is 0.400. The van der Waals surface area contributed by atoms with Gasteiger partial charge in [0.05, 0.1) is 17.5 Å². The summed E-state index contributed by atoms with van der Waals surface area (Å²) in [7, 11) is 1.57. The van der Waals surface area contributed by atoms with Gasteiger partial charge in [-0.1, -0.05) is 25.4 Å². The van der Waals surface area contributed by atoms with Crippen LogP contribution in [0.3, 0.4) is 0 Å². The second-order valence-electron chi connectivity index (χ2n) is 4.82. The maximum Gasteiger partial charge on any atom is 0.231 e. The van der Waals surface area contributed by atoms with E-state index < -0.39 is 0 Å². The Morgan fingerprint density at radius 1 is 1.50 bits per heavy atom. The lowest BCUT2D eigenvalue weighted by atomic mass is 10.2. The van der Waals surface area contributed by atoms with Gasteiger partial charge in [0, 0.05) is 18.2 Å². The van der Waals surface area contributed by atoms with Crippen LogP contribution in [0.1, 0.15) is 18.7 Å². The number of hydrogen-bond donors (Lipinski definition) is 1. The van der Waals surface area contributed by atoms with Crippen molar-refractivity contribution in [2.75, 3.05) is 19.0 Å². The number of thiazole rings is 1. The zero-order chi connectivity index (χ0) is 16.1. The summed E-state index contributed by atoms with van der Waals surface area (Å²) in [6, 6.07) is 3.56. The van der Waals surface area contributed by atoms with Crippen molar-refractivity contribution in [1.29, 1.82) is 0 Å². The summed E-state index contributed by atoms with van der Waals surface area (Å²) < 4.78 is 4.99. The number of hydrogen-bond acceptors (Lipinski definition) is 5. The molecule has 22 heavy (non-hydrogen) atoms. The quantitative estimate of drug-likeness (QED) is 0.872. The van der Waals surface area contributed by atoms with E-state index in [4.69, 9.17) is 16.3 Å². The fourth-order valence-electron chi connectivity index (χ4n) is 1.94. The first-order valence-electron chi connectivity index (χ1n) is 6.97. The Morgan fingerprint density at radius 2 is 2.27 bits per heavy atom. The Labute approximate surface area is 138 Å². The average Bonchev–Trinajstić information content (AvgIpc) is 2.90. The second-order valence-corrected chi connectivity index (χ2v) is 6.31. The zero-order valence-corrected chi connectivity index (χ0v) is 14.3. The number of ether oxygens (including phenoxy) is 1. The molecule has 0 aliphatic heterocycles. The number of rotatable bonds is 6. The molecular formula is C15H18ClN3O2S. The number of nitrogens with one attached hydrogen (secondary N) is 1. The largest absolute Gasteiger partial charge is 0.384 e. The van der Waals surface area contributed by atoms with Crippen LogP contribution in [0, 0.1) is 5.92 Å². The SMILES string of the molecule is CCc1sc(NC(=O)[C@H](C)COC)nc1-c1ncccc1Cl. The summed E-state index contributed by atoms with van der Waals surface area (Å²) in [4.78, 5) is 21.9. The van der Waals surface area contributed by atoms with Gasteiger partial charge < -0.3 is 10.1 Å². The van der Waals surface area contributed by atoms with E-state index in [2.05, 4.69) is 15.3 Å². The molecule has 0 aromatic carbocycles. The van der Waals surface area contributed by atoms with Gasteiger partial charge in [-0.25, -0.2) is 4.98 Å². The Morgan fingerprint density at radius 3 is 2.91 bits per heavy atom. The second kappa shape index (κ2) is 7.67. The van der Waals surface area contributed by atoms with Gasteiger partial charge in [0.15, 0.2) is 5.13 Å². The molecule has 2 rings (SSSR count). The first-order valence-corrected chi connectivity index (χ1v) is 8.16. The molecular weight excluding hydrogens is 322 g/mol. The van der Waals surface area contributed by atoms with E-state index in [-0.39, 0.29) is 11.8 Å². The minimum absolute atomic E-state index is 0.114. The zero-order valence-electron chi connectivity index (χ0n) is 12.7. The van der Waals surface area contributed by atoms with E-state index in [9.17, 15) is 4.79 Å². The van der Waals surface area contributed by atoms with E-state index in [1.807, 2.05) is 13.8 Å². The molecule has 2 aromatic rings. The van der Waals surface area contributed by atoms with Gasteiger partial charge in [0.2, 0.25) is 5.91 Å². The summed E-state index contributed by atoms with van der Waals surface area (Å²) in [5, 5.41) is 3.93. The standard InChI is InChI=1S/C15H18ClN3O2S/c1-4-11-13(12-10(16)6-5-7-17-12)18-15(22-11)19-14(20)9(2)8-21-3/h5-7,9H,4,8H2,1-3H3,(H,18,19,20)/t9-/m1/s1. The van der Waals surface area contributed by atoms with Gasteiger partial charge in [0.1, 0.15) is 11.4 Å². The lowest BCUT2D eigenvalue weighted by Gasteiger charge is -2.08. The lowest BCUT2D eigenvalue weighted by molar-refractivity contribution is -0.120. The first kappa shape index (κ1) is 16.9. The number of amides is 1. The van der Waals surface area contributed by atoms with Crippen molar-refractivity contribution in [3.63, 3.8) is 0 Å². The van der Waals surface area contributed by atoms with Crippen LogP contribution in [0.15, 0.2) is 18.3 Å². The molecule has 0 fully saturated rings. The maximum atomic E-state index is 12.0. The molecule has 0 spiro atoms. The van der Waals surface area contributed by atoms with Gasteiger partial charge in [-0.3, -0.25) is 9.78 Å². The highest BCUT2D eigenvalue weighted by molar-refractivity contribution is 7.16. The third-order valence-corrected chi connectivity index (χ3v) is 4.52. The predicted molar refractivity (Wildman–Crippen MR) is 89.4 cm³/mol. The predicted octanol–water partition coefficient (Wildman–Crippen LogP) is 3.64. The van der Waals surface area contributed by atoms with E-state index in [0.29, 0.717) is 22.5 Å². The highest BCUT2D eigenvalue weighted by Gasteiger charge is 2.19. The van der Waals surface area contributed by atoms with E-state index in [1.165, 1.54) is 11.3 Å². The van der Waals surface area contributed by atoms with Crippen molar-refractivity contribution in [3.8, 4) is 11.4 Å². The van der Waals surface area contributed by atoms with Gasteiger partial charge in [-0.2, -0.15) is 0 Å². The highest BCUT2D eigenvalue weighted by Crippen LogP contribution is 2.34. The molecule has 118 valence electrons. The summed E-state index contributed by atoms with van der Waals surface area (Å²) in [6.07, 6.45) is 2.47. The number of nitrogens with zero attached hydrogens (tertiary/aromatic N) is 2. The molecule has 0 aliphatic carbocycles. The summed E-state index contributed by atoms with van der Waals surface area (Å²) >= 11 is 7.64. The summed E-state index contributed by atoms with van der Waals surface area (Å²) in [6.45, 7) is 4.22. The normalized spacial score (nSPS) is 12.2. The third-order valence-electron chi connectivity index (χ3n) is 3.10. The summed E-state index contributed by atoms with van der Waals surface area (Å²) in [5.41, 5.74) is 1.37. The van der Waals surface area contributed by atoms with Crippen LogP contribution in [0.4, 0.5) is 5.13 Å². The number of aryl methyl sites for hydroxylation is 1. The molecule has 0 aliphatic rings. The minimum atomic E-state index is -0.235. The van der Waals surface area contributed by atoms with E-state index in [0.717, 1.165) is 17.0 Å². The van der Waals surface area contributed by atoms with Crippen molar-refractivity contribution in [1.82, 2.24) is 9.97 Å². The lowest BCUT2D eigenvalue weighted by Crippen LogP contribution is -2.23. The van der Waals surface area contributed by atoms with Crippen LogP contribution in [0.2, 0.25) is 5.02 Å². The molecule has 0 radical (unpaired) electrons. The molecule has 7 heteroatoms. The molecule has 0 unspecified atom stereocenters. The average molecular weight is 340 g/mol. The van der Waals surface area contributed by atoms with Gasteiger partial charge in [-0.05, 0) is 18.6 Å². The molecule has 1 amide bonds. The van der Waals surface area contributed by atoms with Crippen molar-refractivity contribution < 1.29 is 9.53 Å². The van der Waals surface area contributed by atoms with Crippen LogP contribution in [-0.2, 0) is 16.0 Å². The Kier molecular flexibility index (Phi) is 5.88. The minimum Gasteiger partial charge on any atom is -0.384 e. The topological polar surface area (TPSA) is 64.1 Å². The van der Waals surface area contributed by atoms with Crippen LogP contribution >= 0.6 is 22.9 Å². The molecule has 1 atom stereocenters. The maximum absolute atomic E-state index is 12.0. The fourth-order valence-corrected chi connectivity index (χ4v) is 3.06. The number of halogens is 1. The molecule has 5 nitrogen and oxygen atoms in total. The molecule has 0 saturated heterocycles. The van der Waals surface area contributed by atoms with E-state index >= 15 is 0 Å². The third kappa shape index (κ3) is 3.82. The number of methoxy groups -OCH3 is 1. The van der Waals surface area contributed by atoms with Gasteiger partial charge in [-0.15, -0.1) is 11.3 Å². The molecule has 0 saturated carbocycles. The molecule has 1 N–H and O–H groups in total. The number of carbonyl (C=O) groups excluding carboxylic acids is 1. The van der Waals surface area contributed by atoms with Crippen molar-refractivity contribution >= 4 is 34.0 Å². The monoisotopic (exact) mass is 339 g/mol. The van der Waals surface area contributed by atoms with Crippen LogP contribution in [0.5, 0.6) is 0 Å². The number of pyridine rings is 1.